The molecule has 2 N–H and O–H groups in total. The molecule has 0 spiro atoms. The second-order valence-corrected chi connectivity index (χ2v) is 7.16. The molecule has 0 heterocycles. The van der Waals surface area contributed by atoms with Gasteiger partial charge in [0.15, 0.2) is 0 Å². The molecule has 0 aliphatic heterocycles. The highest BCUT2D eigenvalue weighted by Crippen LogP contribution is 2.31. The summed E-state index contributed by atoms with van der Waals surface area (Å²) in [5.41, 5.74) is 2.07. The van der Waals surface area contributed by atoms with Gasteiger partial charge in [-0.25, -0.2) is 0 Å². The molecule has 0 fully saturated rings. The van der Waals surface area contributed by atoms with Gasteiger partial charge in [-0.05, 0) is 63.0 Å². The summed E-state index contributed by atoms with van der Waals surface area (Å²) in [5.74, 6) is 0.464. The predicted molar refractivity (Wildman–Crippen MR) is 101 cm³/mol. The first kappa shape index (κ1) is 21.1. The standard InChI is InChI=1S/C21H32O4/c1-15(2)6-5-7-16(3)12-13-25-21(24)11-8-17(4)19-10-9-18(22)14-20(19)23/h6,9-10,14,16-17,22-23H,5,7-8,11-13H2,1-4H3. The van der Waals surface area contributed by atoms with Crippen LogP contribution in [0.2, 0.25) is 0 Å². The Labute approximate surface area is 151 Å². The van der Waals surface area contributed by atoms with E-state index >= 15 is 0 Å². The number of phenols is 2. The second kappa shape index (κ2) is 10.8. The van der Waals surface area contributed by atoms with Gasteiger partial charge < -0.3 is 14.9 Å². The summed E-state index contributed by atoms with van der Waals surface area (Å²) in [6.07, 6.45) is 6.24. The van der Waals surface area contributed by atoms with Crippen LogP contribution in [0.3, 0.4) is 0 Å². The van der Waals surface area contributed by atoms with Crippen LogP contribution < -0.4 is 0 Å². The van der Waals surface area contributed by atoms with Crippen LogP contribution in [0.15, 0.2) is 29.8 Å². The molecule has 0 aliphatic rings. The van der Waals surface area contributed by atoms with Gasteiger partial charge >= 0.3 is 5.97 Å². The Kier molecular flexibility index (Phi) is 9.11. The molecule has 0 aromatic heterocycles. The van der Waals surface area contributed by atoms with Crippen LogP contribution in [0.4, 0.5) is 0 Å². The summed E-state index contributed by atoms with van der Waals surface area (Å²) in [6.45, 7) is 8.80. The van der Waals surface area contributed by atoms with E-state index < -0.39 is 0 Å². The molecule has 0 amide bonds. The summed E-state index contributed by atoms with van der Waals surface area (Å²) < 4.78 is 5.32. The molecule has 0 saturated heterocycles. The Morgan fingerprint density at radius 2 is 1.88 bits per heavy atom. The van der Waals surface area contributed by atoms with E-state index in [4.69, 9.17) is 4.74 Å². The number of carbonyl (C=O) groups excluding carboxylic acids is 1. The lowest BCUT2D eigenvalue weighted by Gasteiger charge is -2.14. The van der Waals surface area contributed by atoms with Crippen molar-refractivity contribution in [1.82, 2.24) is 0 Å². The van der Waals surface area contributed by atoms with Crippen LogP contribution in [0.5, 0.6) is 11.5 Å². The number of benzene rings is 1. The fourth-order valence-electron chi connectivity index (χ4n) is 2.69. The minimum Gasteiger partial charge on any atom is -0.508 e. The number of allylic oxidation sites excluding steroid dienone is 2. The van der Waals surface area contributed by atoms with Crippen molar-refractivity contribution in [2.45, 2.75) is 65.7 Å². The smallest absolute Gasteiger partial charge is 0.305 e. The molecule has 1 rings (SSSR count). The summed E-state index contributed by atoms with van der Waals surface area (Å²) in [7, 11) is 0. The largest absolute Gasteiger partial charge is 0.508 e. The molecule has 2 atom stereocenters. The highest BCUT2D eigenvalue weighted by Gasteiger charge is 2.14. The van der Waals surface area contributed by atoms with Crippen LogP contribution >= 0.6 is 0 Å². The van der Waals surface area contributed by atoms with Gasteiger partial charge in [-0.3, -0.25) is 4.79 Å². The third-order valence-electron chi connectivity index (χ3n) is 4.41. The number of phenolic OH excluding ortho intramolecular Hbond substituents is 2. The van der Waals surface area contributed by atoms with Gasteiger partial charge in [-0.1, -0.05) is 31.6 Å². The fraction of sp³-hybridized carbons (Fsp3) is 0.571. The van der Waals surface area contributed by atoms with E-state index in [0.717, 1.165) is 24.8 Å². The molecule has 2 unspecified atom stereocenters. The van der Waals surface area contributed by atoms with Gasteiger partial charge in [-0.15, -0.1) is 0 Å². The number of aromatic hydroxyl groups is 2. The Balaban J connectivity index is 2.25. The Hall–Kier alpha value is -1.97. The molecule has 0 saturated carbocycles. The highest BCUT2D eigenvalue weighted by molar-refractivity contribution is 5.69. The minimum absolute atomic E-state index is 0.0242. The van der Waals surface area contributed by atoms with Crippen molar-refractivity contribution < 1.29 is 19.7 Å². The lowest BCUT2D eigenvalue weighted by molar-refractivity contribution is -0.144. The van der Waals surface area contributed by atoms with Gasteiger partial charge in [0.1, 0.15) is 11.5 Å². The minimum atomic E-state index is -0.193. The molecule has 1 aromatic carbocycles. The number of esters is 1. The zero-order chi connectivity index (χ0) is 18.8. The Bertz CT molecular complexity index is 573. The topological polar surface area (TPSA) is 66.8 Å². The van der Waals surface area contributed by atoms with Crippen molar-refractivity contribution in [3.63, 3.8) is 0 Å². The van der Waals surface area contributed by atoms with Crippen LogP contribution in [0.1, 0.15) is 71.3 Å². The maximum atomic E-state index is 11.9. The molecule has 0 aliphatic carbocycles. The van der Waals surface area contributed by atoms with Crippen LogP contribution in [-0.2, 0) is 9.53 Å². The van der Waals surface area contributed by atoms with Crippen LogP contribution in [0, 0.1) is 5.92 Å². The second-order valence-electron chi connectivity index (χ2n) is 7.16. The average Bonchev–Trinajstić information content (AvgIpc) is 2.52. The summed E-state index contributed by atoms with van der Waals surface area (Å²) in [4.78, 5) is 11.9. The molecule has 4 heteroatoms. The SMILES string of the molecule is CC(C)=CCCC(C)CCOC(=O)CCC(C)c1ccc(O)cc1O. The number of hydrogen-bond donors (Lipinski definition) is 2. The summed E-state index contributed by atoms with van der Waals surface area (Å²) in [5, 5.41) is 19.2. The normalized spacial score (nSPS) is 13.1. The number of ether oxygens (including phenoxy) is 1. The van der Waals surface area contributed by atoms with Gasteiger partial charge in [0.2, 0.25) is 0 Å². The third kappa shape index (κ3) is 8.62. The van der Waals surface area contributed by atoms with E-state index in [9.17, 15) is 15.0 Å². The van der Waals surface area contributed by atoms with Gasteiger partial charge in [0.25, 0.3) is 0 Å². The molecule has 140 valence electrons. The number of hydrogen-bond acceptors (Lipinski definition) is 4. The van der Waals surface area contributed by atoms with E-state index in [1.807, 2.05) is 6.92 Å². The Morgan fingerprint density at radius 3 is 2.52 bits per heavy atom. The van der Waals surface area contributed by atoms with E-state index in [0.29, 0.717) is 25.4 Å². The van der Waals surface area contributed by atoms with Crippen LogP contribution in [-0.4, -0.2) is 22.8 Å². The lowest BCUT2D eigenvalue weighted by Crippen LogP contribution is -2.09. The van der Waals surface area contributed by atoms with E-state index in [2.05, 4.69) is 26.8 Å². The molecular formula is C21H32O4. The zero-order valence-electron chi connectivity index (χ0n) is 15.9. The van der Waals surface area contributed by atoms with Crippen molar-refractivity contribution in [2.75, 3.05) is 6.61 Å². The first-order chi connectivity index (χ1) is 11.8. The Morgan fingerprint density at radius 1 is 1.16 bits per heavy atom. The first-order valence-electron chi connectivity index (χ1n) is 9.10. The van der Waals surface area contributed by atoms with Crippen molar-refractivity contribution in [3.05, 3.63) is 35.4 Å². The molecular weight excluding hydrogens is 316 g/mol. The van der Waals surface area contributed by atoms with Crippen molar-refractivity contribution >= 4 is 5.97 Å². The van der Waals surface area contributed by atoms with Crippen molar-refractivity contribution in [2.24, 2.45) is 5.92 Å². The monoisotopic (exact) mass is 348 g/mol. The summed E-state index contributed by atoms with van der Waals surface area (Å²) >= 11 is 0. The summed E-state index contributed by atoms with van der Waals surface area (Å²) in [6, 6.07) is 4.55. The van der Waals surface area contributed by atoms with Crippen molar-refractivity contribution in [1.29, 1.82) is 0 Å². The van der Waals surface area contributed by atoms with E-state index in [-0.39, 0.29) is 23.4 Å². The molecule has 4 nitrogen and oxygen atoms in total. The number of rotatable bonds is 10. The van der Waals surface area contributed by atoms with Crippen LogP contribution in [0.25, 0.3) is 0 Å². The highest BCUT2D eigenvalue weighted by atomic mass is 16.5. The zero-order valence-corrected chi connectivity index (χ0v) is 15.9. The fourth-order valence-corrected chi connectivity index (χ4v) is 2.69. The van der Waals surface area contributed by atoms with Crippen molar-refractivity contribution in [3.8, 4) is 11.5 Å². The van der Waals surface area contributed by atoms with E-state index in [1.54, 1.807) is 12.1 Å². The van der Waals surface area contributed by atoms with Gasteiger partial charge in [-0.2, -0.15) is 0 Å². The predicted octanol–water partition coefficient (Wildman–Crippen LogP) is 5.30. The molecule has 1 aromatic rings. The van der Waals surface area contributed by atoms with Gasteiger partial charge in [0.05, 0.1) is 6.61 Å². The molecule has 0 bridgehead atoms. The van der Waals surface area contributed by atoms with E-state index in [1.165, 1.54) is 11.6 Å². The maximum Gasteiger partial charge on any atom is 0.305 e. The molecule has 25 heavy (non-hydrogen) atoms. The maximum absolute atomic E-state index is 11.9. The third-order valence-corrected chi connectivity index (χ3v) is 4.41. The quantitative estimate of drug-likeness (QED) is 0.445. The molecule has 0 radical (unpaired) electrons. The average molecular weight is 348 g/mol. The first-order valence-corrected chi connectivity index (χ1v) is 9.10. The number of carbonyl (C=O) groups is 1. The lowest BCUT2D eigenvalue weighted by atomic mass is 9.95. The van der Waals surface area contributed by atoms with Gasteiger partial charge in [0, 0.05) is 12.5 Å².